The highest BCUT2D eigenvalue weighted by Crippen LogP contribution is 2.15. The highest BCUT2D eigenvalue weighted by Gasteiger charge is 2.06. The van der Waals surface area contributed by atoms with Crippen LogP contribution in [0.3, 0.4) is 0 Å². The number of nitrogens with zero attached hydrogens (tertiary/aromatic N) is 2. The molecular formula is C18H15N3O2. The molecule has 0 fully saturated rings. The van der Waals surface area contributed by atoms with E-state index in [2.05, 4.69) is 15.3 Å². The molecule has 0 aliphatic carbocycles. The van der Waals surface area contributed by atoms with Crippen LogP contribution in [-0.4, -0.2) is 15.9 Å². The minimum absolute atomic E-state index is 0.206. The number of hydrogen-bond donors (Lipinski definition) is 1. The van der Waals surface area contributed by atoms with E-state index in [1.165, 1.54) is 0 Å². The van der Waals surface area contributed by atoms with Crippen LogP contribution in [0.2, 0.25) is 0 Å². The predicted molar refractivity (Wildman–Crippen MR) is 87.2 cm³/mol. The Morgan fingerprint density at radius 2 is 1.87 bits per heavy atom. The van der Waals surface area contributed by atoms with Gasteiger partial charge in [0.25, 0.3) is 5.91 Å². The first kappa shape index (κ1) is 14.7. The summed E-state index contributed by atoms with van der Waals surface area (Å²) in [6.07, 6.45) is 5.11. The zero-order chi connectivity index (χ0) is 15.9. The Labute approximate surface area is 134 Å². The Morgan fingerprint density at radius 1 is 1.00 bits per heavy atom. The van der Waals surface area contributed by atoms with Crippen molar-refractivity contribution in [2.24, 2.45) is 0 Å². The fourth-order valence-corrected chi connectivity index (χ4v) is 1.98. The van der Waals surface area contributed by atoms with Gasteiger partial charge in [0.2, 0.25) is 0 Å². The first-order valence-corrected chi connectivity index (χ1v) is 7.15. The number of carbonyl (C=O) groups is 1. The van der Waals surface area contributed by atoms with E-state index >= 15 is 0 Å². The predicted octanol–water partition coefficient (Wildman–Crippen LogP) is 3.31. The second-order valence-electron chi connectivity index (χ2n) is 4.84. The fourth-order valence-electron chi connectivity index (χ4n) is 1.98. The molecule has 0 aliphatic heterocycles. The van der Waals surface area contributed by atoms with E-state index in [-0.39, 0.29) is 5.91 Å². The fraction of sp³-hybridized carbons (Fsp3) is 0.0556. The van der Waals surface area contributed by atoms with E-state index in [1.54, 1.807) is 55.0 Å². The van der Waals surface area contributed by atoms with Crippen LogP contribution in [0.5, 0.6) is 5.75 Å². The minimum Gasteiger partial charge on any atom is -0.489 e. The summed E-state index contributed by atoms with van der Waals surface area (Å²) in [6, 6.07) is 16.1. The number of nitrogens with one attached hydrogen (secondary N) is 1. The lowest BCUT2D eigenvalue weighted by molar-refractivity contribution is 0.102. The van der Waals surface area contributed by atoms with Gasteiger partial charge in [-0.1, -0.05) is 12.1 Å². The third-order valence-corrected chi connectivity index (χ3v) is 3.15. The Morgan fingerprint density at radius 3 is 2.57 bits per heavy atom. The average Bonchev–Trinajstić information content (AvgIpc) is 2.62. The summed E-state index contributed by atoms with van der Waals surface area (Å²) in [5.41, 5.74) is 1.54. The van der Waals surface area contributed by atoms with Gasteiger partial charge in [0, 0.05) is 29.7 Å². The Hall–Kier alpha value is -3.21. The maximum atomic E-state index is 12.1. The van der Waals surface area contributed by atoms with Crippen LogP contribution >= 0.6 is 0 Å². The molecule has 0 saturated carbocycles. The van der Waals surface area contributed by atoms with E-state index in [0.29, 0.717) is 23.7 Å². The van der Waals surface area contributed by atoms with Crippen LogP contribution in [0.4, 0.5) is 5.82 Å². The first-order valence-electron chi connectivity index (χ1n) is 7.15. The number of hydrogen-bond acceptors (Lipinski definition) is 4. The normalized spacial score (nSPS) is 10.1. The van der Waals surface area contributed by atoms with Crippen LogP contribution in [0, 0.1) is 0 Å². The monoisotopic (exact) mass is 305 g/mol. The number of amides is 1. The number of pyridine rings is 2. The quantitative estimate of drug-likeness (QED) is 0.785. The van der Waals surface area contributed by atoms with Crippen molar-refractivity contribution in [2.75, 3.05) is 5.32 Å². The molecule has 23 heavy (non-hydrogen) atoms. The maximum Gasteiger partial charge on any atom is 0.256 e. The van der Waals surface area contributed by atoms with Gasteiger partial charge in [0.15, 0.2) is 0 Å². The summed E-state index contributed by atoms with van der Waals surface area (Å²) >= 11 is 0. The number of anilines is 1. The molecule has 0 radical (unpaired) electrons. The van der Waals surface area contributed by atoms with Gasteiger partial charge in [-0.3, -0.25) is 9.78 Å². The second-order valence-corrected chi connectivity index (χ2v) is 4.84. The molecule has 0 bridgehead atoms. The van der Waals surface area contributed by atoms with Crippen molar-refractivity contribution in [1.29, 1.82) is 0 Å². The molecule has 0 aliphatic rings. The lowest BCUT2D eigenvalue weighted by atomic mass is 10.2. The van der Waals surface area contributed by atoms with E-state index in [9.17, 15) is 4.79 Å². The Balaban J connectivity index is 1.59. The van der Waals surface area contributed by atoms with Crippen LogP contribution in [-0.2, 0) is 6.61 Å². The molecule has 3 rings (SSSR count). The number of ether oxygens (including phenoxy) is 1. The molecule has 3 aromatic rings. The third kappa shape index (κ3) is 4.14. The summed E-state index contributed by atoms with van der Waals surface area (Å²) < 4.78 is 5.66. The van der Waals surface area contributed by atoms with Crippen molar-refractivity contribution in [1.82, 2.24) is 9.97 Å². The minimum atomic E-state index is -0.206. The van der Waals surface area contributed by atoms with Gasteiger partial charge < -0.3 is 10.1 Å². The van der Waals surface area contributed by atoms with E-state index in [0.717, 1.165) is 5.56 Å². The van der Waals surface area contributed by atoms with Crippen LogP contribution in [0.25, 0.3) is 0 Å². The summed E-state index contributed by atoms with van der Waals surface area (Å²) in [5.74, 6) is 1.01. The molecule has 1 amide bonds. The molecule has 2 aromatic heterocycles. The summed E-state index contributed by atoms with van der Waals surface area (Å²) in [7, 11) is 0. The van der Waals surface area contributed by atoms with Crippen molar-refractivity contribution in [3.05, 3.63) is 84.3 Å². The van der Waals surface area contributed by atoms with E-state index in [4.69, 9.17) is 4.74 Å². The van der Waals surface area contributed by atoms with Gasteiger partial charge >= 0.3 is 0 Å². The third-order valence-electron chi connectivity index (χ3n) is 3.15. The zero-order valence-corrected chi connectivity index (χ0v) is 12.3. The largest absolute Gasteiger partial charge is 0.489 e. The highest BCUT2D eigenvalue weighted by atomic mass is 16.5. The topological polar surface area (TPSA) is 64.1 Å². The smallest absolute Gasteiger partial charge is 0.256 e. The Kier molecular flexibility index (Phi) is 4.59. The van der Waals surface area contributed by atoms with Gasteiger partial charge in [-0.05, 0) is 42.5 Å². The zero-order valence-electron chi connectivity index (χ0n) is 12.3. The molecular weight excluding hydrogens is 290 g/mol. The lowest BCUT2D eigenvalue weighted by Crippen LogP contribution is -2.12. The number of carbonyl (C=O) groups excluding carboxylic acids is 1. The molecule has 0 spiro atoms. The van der Waals surface area contributed by atoms with Gasteiger partial charge in [-0.2, -0.15) is 0 Å². The molecule has 5 heteroatoms. The average molecular weight is 305 g/mol. The van der Waals surface area contributed by atoms with Gasteiger partial charge in [-0.25, -0.2) is 4.98 Å². The van der Waals surface area contributed by atoms with Crippen molar-refractivity contribution < 1.29 is 9.53 Å². The Bertz CT molecular complexity index is 759. The molecule has 0 saturated heterocycles. The lowest BCUT2D eigenvalue weighted by Gasteiger charge is -2.07. The molecule has 0 atom stereocenters. The SMILES string of the molecule is O=C(Nc1ccccn1)c1ccc(OCc2cccnc2)cc1. The molecule has 1 N–H and O–H groups in total. The first-order chi connectivity index (χ1) is 11.3. The molecule has 1 aromatic carbocycles. The van der Waals surface area contributed by atoms with Crippen molar-refractivity contribution in [3.8, 4) is 5.75 Å². The van der Waals surface area contributed by atoms with Crippen LogP contribution in [0.15, 0.2) is 73.2 Å². The standard InChI is InChI=1S/C18H15N3O2/c22-18(21-17-5-1-2-11-20-17)15-6-8-16(9-7-15)23-13-14-4-3-10-19-12-14/h1-12H,13H2,(H,20,21,22). The summed E-state index contributed by atoms with van der Waals surface area (Å²) in [5, 5.41) is 2.74. The maximum absolute atomic E-state index is 12.1. The number of benzene rings is 1. The highest BCUT2D eigenvalue weighted by molar-refractivity contribution is 6.03. The number of aromatic nitrogens is 2. The molecule has 0 unspecified atom stereocenters. The van der Waals surface area contributed by atoms with E-state index in [1.807, 2.05) is 18.2 Å². The van der Waals surface area contributed by atoms with Gasteiger partial charge in [0.05, 0.1) is 0 Å². The van der Waals surface area contributed by atoms with Crippen molar-refractivity contribution >= 4 is 11.7 Å². The second kappa shape index (κ2) is 7.17. The van der Waals surface area contributed by atoms with Crippen molar-refractivity contribution in [2.45, 2.75) is 6.61 Å². The van der Waals surface area contributed by atoms with E-state index < -0.39 is 0 Å². The van der Waals surface area contributed by atoms with Crippen LogP contribution < -0.4 is 10.1 Å². The van der Waals surface area contributed by atoms with Crippen molar-refractivity contribution in [3.63, 3.8) is 0 Å². The summed E-state index contributed by atoms with van der Waals surface area (Å²) in [4.78, 5) is 20.2. The molecule has 114 valence electrons. The van der Waals surface area contributed by atoms with Gasteiger partial charge in [0.1, 0.15) is 18.2 Å². The van der Waals surface area contributed by atoms with Crippen LogP contribution in [0.1, 0.15) is 15.9 Å². The molecule has 5 nitrogen and oxygen atoms in total. The molecule has 2 heterocycles. The summed E-state index contributed by atoms with van der Waals surface area (Å²) in [6.45, 7) is 0.438. The van der Waals surface area contributed by atoms with Gasteiger partial charge in [-0.15, -0.1) is 0 Å². The number of rotatable bonds is 5.